The van der Waals surface area contributed by atoms with Crippen LogP contribution in [0, 0.1) is 11.8 Å². The second-order valence-electron chi connectivity index (χ2n) is 12.6. The Hall–Kier alpha value is -0.790. The number of carboxylic acids is 1. The molecule has 2 nitrogen and oxygen atoms in total. The van der Waals surface area contributed by atoms with Gasteiger partial charge in [-0.2, -0.15) is 0 Å². The lowest BCUT2D eigenvalue weighted by molar-refractivity contribution is -0.142. The van der Waals surface area contributed by atoms with Crippen molar-refractivity contribution in [3.8, 4) is 0 Å². The summed E-state index contributed by atoms with van der Waals surface area (Å²) in [5.74, 6) is 0.186. The highest BCUT2D eigenvalue weighted by atomic mass is 16.4. The van der Waals surface area contributed by atoms with Gasteiger partial charge in [0.1, 0.15) is 0 Å². The van der Waals surface area contributed by atoms with Crippen molar-refractivity contribution in [1.82, 2.24) is 0 Å². The summed E-state index contributed by atoms with van der Waals surface area (Å²) in [7, 11) is 0. The van der Waals surface area contributed by atoms with Gasteiger partial charge in [-0.05, 0) is 44.4 Å². The van der Waals surface area contributed by atoms with Crippen molar-refractivity contribution in [1.29, 1.82) is 0 Å². The molecule has 0 heterocycles. The zero-order valence-corrected chi connectivity index (χ0v) is 26.5. The fraction of sp³-hybridized carbons (Fsp3) is 0.917. The van der Waals surface area contributed by atoms with Crippen LogP contribution in [0.15, 0.2) is 12.2 Å². The molecule has 0 aliphatic heterocycles. The lowest BCUT2D eigenvalue weighted by Gasteiger charge is -2.12. The van der Waals surface area contributed by atoms with E-state index in [1.54, 1.807) is 0 Å². The van der Waals surface area contributed by atoms with Crippen molar-refractivity contribution in [2.24, 2.45) is 11.8 Å². The minimum atomic E-state index is -0.567. The molecular formula is C36H70O2. The van der Waals surface area contributed by atoms with Gasteiger partial charge in [0.2, 0.25) is 0 Å². The van der Waals surface area contributed by atoms with E-state index in [-0.39, 0.29) is 5.92 Å². The molecule has 0 aromatic heterocycles. The molecule has 0 spiro atoms. The van der Waals surface area contributed by atoms with Crippen molar-refractivity contribution < 1.29 is 9.90 Å². The quantitative estimate of drug-likeness (QED) is 0.0709. The van der Waals surface area contributed by atoms with Crippen LogP contribution >= 0.6 is 0 Å². The number of aliphatic carboxylic acids is 1. The molecule has 0 saturated heterocycles. The molecule has 0 fully saturated rings. The molecule has 0 amide bonds. The van der Waals surface area contributed by atoms with E-state index in [2.05, 4.69) is 32.9 Å². The van der Waals surface area contributed by atoms with Crippen LogP contribution in [-0.2, 0) is 4.79 Å². The Morgan fingerprint density at radius 3 is 1.16 bits per heavy atom. The molecule has 0 saturated carbocycles. The van der Waals surface area contributed by atoms with E-state index < -0.39 is 5.97 Å². The highest BCUT2D eigenvalue weighted by molar-refractivity contribution is 5.69. The number of hydrogen-bond donors (Lipinski definition) is 1. The van der Waals surface area contributed by atoms with Gasteiger partial charge in [-0.25, -0.2) is 0 Å². The maximum atomic E-state index is 11.6. The average molecular weight is 535 g/mol. The first-order valence-corrected chi connectivity index (χ1v) is 17.5. The van der Waals surface area contributed by atoms with E-state index in [9.17, 15) is 9.90 Å². The molecule has 0 radical (unpaired) electrons. The maximum absolute atomic E-state index is 11.6. The van der Waals surface area contributed by atoms with E-state index in [4.69, 9.17) is 0 Å². The Bertz CT molecular complexity index is 496. The third-order valence-corrected chi connectivity index (χ3v) is 8.25. The van der Waals surface area contributed by atoms with Crippen molar-refractivity contribution in [3.05, 3.63) is 12.2 Å². The third kappa shape index (κ3) is 29.8. The molecule has 0 aromatic carbocycles. The molecule has 2 heteroatoms. The third-order valence-electron chi connectivity index (χ3n) is 8.25. The van der Waals surface area contributed by atoms with Crippen LogP contribution in [0.5, 0.6) is 0 Å². The number of unbranched alkanes of at least 4 members (excludes halogenated alkanes) is 22. The lowest BCUT2D eigenvalue weighted by Crippen LogP contribution is -2.13. The van der Waals surface area contributed by atoms with Gasteiger partial charge in [0.15, 0.2) is 0 Å². The SMILES string of the molecule is CCCCCCCCC=CCCCCCCC(CCCCCCCCCCCCCCCC(C)C)C(=O)O. The topological polar surface area (TPSA) is 37.3 Å². The fourth-order valence-electron chi connectivity index (χ4n) is 5.56. The van der Waals surface area contributed by atoms with Gasteiger partial charge in [0, 0.05) is 0 Å². The second-order valence-corrected chi connectivity index (χ2v) is 12.6. The largest absolute Gasteiger partial charge is 0.481 e. The van der Waals surface area contributed by atoms with Gasteiger partial charge in [-0.15, -0.1) is 0 Å². The summed E-state index contributed by atoms with van der Waals surface area (Å²) in [5, 5.41) is 9.59. The molecule has 1 N–H and O–H groups in total. The highest BCUT2D eigenvalue weighted by Gasteiger charge is 2.16. The monoisotopic (exact) mass is 535 g/mol. The number of allylic oxidation sites excluding steroid dienone is 2. The van der Waals surface area contributed by atoms with Crippen molar-refractivity contribution in [2.45, 2.75) is 201 Å². The number of hydrogen-bond acceptors (Lipinski definition) is 1. The van der Waals surface area contributed by atoms with Crippen LogP contribution in [0.3, 0.4) is 0 Å². The molecule has 0 rings (SSSR count). The predicted octanol–water partition coefficient (Wildman–Crippen LogP) is 12.8. The number of carbonyl (C=O) groups is 1. The van der Waals surface area contributed by atoms with Gasteiger partial charge >= 0.3 is 5.97 Å². The summed E-state index contributed by atoms with van der Waals surface area (Å²) in [6.45, 7) is 6.93. The second kappa shape index (κ2) is 30.7. The molecule has 0 aromatic rings. The minimum absolute atomic E-state index is 0.113. The zero-order valence-electron chi connectivity index (χ0n) is 26.5. The fourth-order valence-corrected chi connectivity index (χ4v) is 5.56. The summed E-state index contributed by atoms with van der Waals surface area (Å²) in [6, 6.07) is 0. The number of rotatable bonds is 31. The molecule has 226 valence electrons. The van der Waals surface area contributed by atoms with E-state index in [0.717, 1.165) is 31.6 Å². The Balaban J connectivity index is 3.44. The summed E-state index contributed by atoms with van der Waals surface area (Å²) in [6.07, 6.45) is 41.0. The van der Waals surface area contributed by atoms with Crippen molar-refractivity contribution >= 4 is 5.97 Å². The van der Waals surface area contributed by atoms with Crippen LogP contribution in [0.4, 0.5) is 0 Å². The normalized spacial score (nSPS) is 12.6. The van der Waals surface area contributed by atoms with Crippen LogP contribution in [0.1, 0.15) is 201 Å². The van der Waals surface area contributed by atoms with Gasteiger partial charge in [0.25, 0.3) is 0 Å². The van der Waals surface area contributed by atoms with E-state index in [1.165, 1.54) is 154 Å². The summed E-state index contributed by atoms with van der Waals surface area (Å²) < 4.78 is 0. The molecular weight excluding hydrogens is 464 g/mol. The first kappa shape index (κ1) is 37.2. The molecule has 1 atom stereocenters. The van der Waals surface area contributed by atoms with Crippen molar-refractivity contribution in [3.63, 3.8) is 0 Å². The molecule has 38 heavy (non-hydrogen) atoms. The number of carboxylic acid groups (broad SMARTS) is 1. The standard InChI is InChI=1S/C36H70O2/c1-4-5-6-7-8-9-10-11-14-17-20-23-26-29-32-35(36(37)38)33-30-27-24-21-18-15-12-13-16-19-22-25-28-31-34(2)3/h11,14,34-35H,4-10,12-13,15-33H2,1-3H3,(H,37,38). The Labute approximate surface area is 240 Å². The van der Waals surface area contributed by atoms with Crippen molar-refractivity contribution in [2.75, 3.05) is 0 Å². The Morgan fingerprint density at radius 2 is 0.816 bits per heavy atom. The summed E-state index contributed by atoms with van der Waals surface area (Å²) in [5.41, 5.74) is 0. The van der Waals surface area contributed by atoms with Crippen LogP contribution in [0.2, 0.25) is 0 Å². The average Bonchev–Trinajstić information content (AvgIpc) is 2.89. The van der Waals surface area contributed by atoms with Crippen LogP contribution in [-0.4, -0.2) is 11.1 Å². The van der Waals surface area contributed by atoms with E-state index in [1.807, 2.05) is 0 Å². The zero-order chi connectivity index (χ0) is 27.9. The molecule has 0 aliphatic rings. The molecule has 0 bridgehead atoms. The van der Waals surface area contributed by atoms with E-state index >= 15 is 0 Å². The predicted molar refractivity (Wildman–Crippen MR) is 170 cm³/mol. The van der Waals surface area contributed by atoms with Crippen LogP contribution < -0.4 is 0 Å². The smallest absolute Gasteiger partial charge is 0.306 e. The minimum Gasteiger partial charge on any atom is -0.481 e. The van der Waals surface area contributed by atoms with Gasteiger partial charge in [-0.3, -0.25) is 4.79 Å². The lowest BCUT2D eigenvalue weighted by atomic mass is 9.94. The molecule has 0 aliphatic carbocycles. The van der Waals surface area contributed by atoms with Gasteiger partial charge < -0.3 is 5.11 Å². The van der Waals surface area contributed by atoms with E-state index in [0.29, 0.717) is 0 Å². The first-order valence-electron chi connectivity index (χ1n) is 17.5. The Kier molecular flexibility index (Phi) is 30.1. The summed E-state index contributed by atoms with van der Waals surface area (Å²) >= 11 is 0. The summed E-state index contributed by atoms with van der Waals surface area (Å²) in [4.78, 5) is 11.6. The molecule has 1 unspecified atom stereocenters. The van der Waals surface area contributed by atoms with Crippen LogP contribution in [0.25, 0.3) is 0 Å². The van der Waals surface area contributed by atoms with Gasteiger partial charge in [0.05, 0.1) is 5.92 Å². The maximum Gasteiger partial charge on any atom is 0.306 e. The highest BCUT2D eigenvalue weighted by Crippen LogP contribution is 2.20. The van der Waals surface area contributed by atoms with Gasteiger partial charge in [-0.1, -0.05) is 174 Å². The Morgan fingerprint density at radius 1 is 0.500 bits per heavy atom. The first-order chi connectivity index (χ1) is 18.6.